The molecule has 0 saturated carbocycles. The van der Waals surface area contributed by atoms with Gasteiger partial charge in [-0.15, -0.1) is 0 Å². The van der Waals surface area contributed by atoms with Crippen LogP contribution in [0.2, 0.25) is 0 Å². The Morgan fingerprint density at radius 1 is 1.35 bits per heavy atom. The molecule has 10 heteroatoms. The fourth-order valence-corrected chi connectivity index (χ4v) is 4.88. The van der Waals surface area contributed by atoms with Crippen LogP contribution in [0, 0.1) is 11.1 Å². The second-order valence-electron chi connectivity index (χ2n) is 6.30. The third-order valence-electron chi connectivity index (χ3n) is 4.10. The summed E-state index contributed by atoms with van der Waals surface area (Å²) in [6.45, 7) is 3.85. The van der Waals surface area contributed by atoms with Gasteiger partial charge in [0.05, 0.1) is 4.90 Å². The predicted octanol–water partition coefficient (Wildman–Crippen LogP) is 1.42. The van der Waals surface area contributed by atoms with Crippen molar-refractivity contribution in [1.82, 2.24) is 9.21 Å². The van der Waals surface area contributed by atoms with Crippen molar-refractivity contribution in [3.63, 3.8) is 0 Å². The normalized spacial score (nSPS) is 19.6. The fourth-order valence-electron chi connectivity index (χ4n) is 3.10. The molecular weight excluding hydrogens is 360 g/mol. The quantitative estimate of drug-likeness (QED) is 0.419. The molecule has 1 fully saturated rings. The molecular formula is C16H24N4O5S. The molecule has 1 unspecified atom stereocenters. The number of amides is 1. The molecule has 0 radical (unpaired) electrons. The van der Waals surface area contributed by atoms with Crippen molar-refractivity contribution in [3.05, 3.63) is 35.5 Å². The van der Waals surface area contributed by atoms with Crippen molar-refractivity contribution in [2.75, 3.05) is 26.7 Å². The van der Waals surface area contributed by atoms with Crippen LogP contribution in [-0.2, 0) is 19.7 Å². The molecule has 144 valence electrons. The molecule has 1 aromatic carbocycles. The molecule has 0 aliphatic carbocycles. The van der Waals surface area contributed by atoms with Gasteiger partial charge in [0.2, 0.25) is 10.0 Å². The molecule has 0 bridgehead atoms. The van der Waals surface area contributed by atoms with E-state index in [1.165, 1.54) is 28.4 Å². The van der Waals surface area contributed by atoms with Crippen LogP contribution in [-0.4, -0.2) is 61.3 Å². The molecule has 1 heterocycles. The van der Waals surface area contributed by atoms with E-state index in [0.717, 1.165) is 0 Å². The smallest absolute Gasteiger partial charge is 0.293 e. The van der Waals surface area contributed by atoms with Gasteiger partial charge in [-0.25, -0.2) is 8.42 Å². The molecule has 2 rings (SSSR count). The summed E-state index contributed by atoms with van der Waals surface area (Å²) >= 11 is 0. The summed E-state index contributed by atoms with van der Waals surface area (Å²) in [4.78, 5) is 18.7. The van der Waals surface area contributed by atoms with E-state index >= 15 is 0 Å². The number of rotatable bonds is 6. The van der Waals surface area contributed by atoms with Crippen molar-refractivity contribution in [1.29, 1.82) is 0 Å². The summed E-state index contributed by atoms with van der Waals surface area (Å²) < 4.78 is 27.5. The largest absolute Gasteiger partial charge is 0.597 e. The van der Waals surface area contributed by atoms with E-state index in [2.05, 4.69) is 10.1 Å². The van der Waals surface area contributed by atoms with Crippen molar-refractivity contribution in [3.8, 4) is 0 Å². The van der Waals surface area contributed by atoms with E-state index in [9.17, 15) is 18.4 Å². The molecule has 0 spiro atoms. The number of sulfonamides is 1. The third-order valence-corrected chi connectivity index (χ3v) is 5.99. The maximum Gasteiger partial charge on any atom is 0.293 e. The number of hydrogen-bond donors (Lipinski definition) is 0. The van der Waals surface area contributed by atoms with Crippen LogP contribution in [0.4, 0.5) is 0 Å². The summed E-state index contributed by atoms with van der Waals surface area (Å²) in [5, 5.41) is 14.7. The van der Waals surface area contributed by atoms with E-state index in [-0.39, 0.29) is 15.7 Å². The van der Waals surface area contributed by atoms with Gasteiger partial charge in [0.15, 0.2) is 5.28 Å². The average molecular weight is 384 g/mol. The first-order chi connectivity index (χ1) is 12.3. The minimum absolute atomic E-state index is 0.143. The SMILES string of the molecule is CO/N=[N+](\[O-])CC(=O)N1CCCN(S(=O)(=O)c2ccccc2)C1C(C)C. The standard InChI is InChI=1S/C16H24N4O5S/c1-13(2)16-18(15(21)12-20(22)17-25-3)10-7-11-19(16)26(23,24)14-8-5-4-6-9-14/h4-6,8-9,13,16H,7,10-12H2,1-3H3/b20-17-. The van der Waals surface area contributed by atoms with Crippen molar-refractivity contribution in [2.45, 2.75) is 31.3 Å². The second kappa shape index (κ2) is 8.45. The van der Waals surface area contributed by atoms with Gasteiger partial charge in [0, 0.05) is 13.1 Å². The van der Waals surface area contributed by atoms with Gasteiger partial charge in [-0.2, -0.15) is 4.31 Å². The Kier molecular flexibility index (Phi) is 6.54. The molecule has 1 saturated heterocycles. The highest BCUT2D eigenvalue weighted by molar-refractivity contribution is 7.89. The van der Waals surface area contributed by atoms with Crippen molar-refractivity contribution in [2.24, 2.45) is 11.2 Å². The second-order valence-corrected chi connectivity index (χ2v) is 8.19. The number of nitrogens with zero attached hydrogens (tertiary/aromatic N) is 4. The Morgan fingerprint density at radius 3 is 2.58 bits per heavy atom. The Bertz CT molecular complexity index is 751. The van der Waals surface area contributed by atoms with E-state index in [1.807, 2.05) is 13.8 Å². The predicted molar refractivity (Wildman–Crippen MR) is 93.2 cm³/mol. The third kappa shape index (κ3) is 4.31. The lowest BCUT2D eigenvalue weighted by Gasteiger charge is -2.44. The molecule has 26 heavy (non-hydrogen) atoms. The molecule has 1 amide bonds. The minimum atomic E-state index is -3.76. The molecule has 0 aromatic heterocycles. The van der Waals surface area contributed by atoms with Crippen LogP contribution in [0.5, 0.6) is 0 Å². The first-order valence-corrected chi connectivity index (χ1v) is 9.78. The van der Waals surface area contributed by atoms with Crippen LogP contribution < -0.4 is 0 Å². The monoisotopic (exact) mass is 384 g/mol. The zero-order chi connectivity index (χ0) is 19.3. The van der Waals surface area contributed by atoms with E-state index in [4.69, 9.17) is 0 Å². The zero-order valence-corrected chi connectivity index (χ0v) is 15.9. The molecule has 1 aliphatic rings. The lowest BCUT2D eigenvalue weighted by atomic mass is 10.1. The van der Waals surface area contributed by atoms with Gasteiger partial charge in [-0.3, -0.25) is 4.79 Å². The number of benzene rings is 1. The number of hydroxylamine groups is 1. The Morgan fingerprint density at radius 2 is 2.00 bits per heavy atom. The van der Waals surface area contributed by atoms with Crippen molar-refractivity contribution >= 4 is 15.9 Å². The Labute approximate surface area is 153 Å². The highest BCUT2D eigenvalue weighted by Crippen LogP contribution is 2.28. The number of carbonyl (C=O) groups is 1. The van der Waals surface area contributed by atoms with Gasteiger partial charge in [0.1, 0.15) is 13.3 Å². The fraction of sp³-hybridized carbons (Fsp3) is 0.562. The number of carbonyl (C=O) groups excluding carboxylic acids is 1. The van der Waals surface area contributed by atoms with Crippen LogP contribution in [0.15, 0.2) is 40.5 Å². The first-order valence-electron chi connectivity index (χ1n) is 8.34. The maximum atomic E-state index is 13.1. The topological polar surface area (TPSA) is 105 Å². The minimum Gasteiger partial charge on any atom is -0.597 e. The number of hydrogen-bond acceptors (Lipinski definition) is 6. The summed E-state index contributed by atoms with van der Waals surface area (Å²) in [6, 6.07) is 8.12. The maximum absolute atomic E-state index is 13.1. The average Bonchev–Trinajstić information content (AvgIpc) is 2.61. The van der Waals surface area contributed by atoms with Gasteiger partial charge in [-0.05, 0) is 29.3 Å². The van der Waals surface area contributed by atoms with Crippen LogP contribution in [0.1, 0.15) is 20.3 Å². The van der Waals surface area contributed by atoms with E-state index in [1.54, 1.807) is 18.2 Å². The molecule has 1 atom stereocenters. The lowest BCUT2D eigenvalue weighted by Crippen LogP contribution is -2.60. The Hall–Kier alpha value is -2.20. The van der Waals surface area contributed by atoms with Crippen LogP contribution in [0.3, 0.4) is 0 Å². The lowest BCUT2D eigenvalue weighted by molar-refractivity contribution is -0.547. The van der Waals surface area contributed by atoms with Gasteiger partial charge in [0.25, 0.3) is 12.5 Å². The van der Waals surface area contributed by atoms with Gasteiger partial charge in [-0.1, -0.05) is 32.0 Å². The van der Waals surface area contributed by atoms with Crippen molar-refractivity contribution < 1.29 is 22.9 Å². The first kappa shape index (κ1) is 20.1. The molecule has 9 nitrogen and oxygen atoms in total. The van der Waals surface area contributed by atoms with Crippen LogP contribution >= 0.6 is 0 Å². The van der Waals surface area contributed by atoms with E-state index < -0.39 is 28.6 Å². The summed E-state index contributed by atoms with van der Waals surface area (Å²) in [5.41, 5.74) is 0. The van der Waals surface area contributed by atoms with Gasteiger partial charge >= 0.3 is 0 Å². The summed E-state index contributed by atoms with van der Waals surface area (Å²) in [6.07, 6.45) is -0.182. The molecule has 1 aliphatic heterocycles. The van der Waals surface area contributed by atoms with E-state index in [0.29, 0.717) is 19.5 Å². The van der Waals surface area contributed by atoms with Gasteiger partial charge < -0.3 is 14.9 Å². The Balaban J connectivity index is 2.33. The highest BCUT2D eigenvalue weighted by Gasteiger charge is 2.42. The summed E-state index contributed by atoms with van der Waals surface area (Å²) in [7, 11) is -2.55. The highest BCUT2D eigenvalue weighted by atomic mass is 32.2. The molecule has 0 N–H and O–H groups in total. The van der Waals surface area contributed by atoms with Crippen LogP contribution in [0.25, 0.3) is 0 Å². The molecule has 1 aromatic rings. The zero-order valence-electron chi connectivity index (χ0n) is 15.1. The summed E-state index contributed by atoms with van der Waals surface area (Å²) in [5.74, 6) is -0.648.